The Morgan fingerprint density at radius 3 is 1.08 bits per heavy atom. The molecule has 9 heteroatoms. The third kappa shape index (κ3) is 3.37. The summed E-state index contributed by atoms with van der Waals surface area (Å²) in [6.45, 7) is 0. The molecular weight excluding hydrogens is 468 g/mol. The highest BCUT2D eigenvalue weighted by molar-refractivity contribution is 6.18. The van der Waals surface area contributed by atoms with Crippen molar-refractivity contribution in [2.24, 2.45) is 0 Å². The van der Waals surface area contributed by atoms with E-state index in [4.69, 9.17) is 0 Å². The maximum Gasteiger partial charge on any atom is 0.205 e. The molecule has 0 heterocycles. The summed E-state index contributed by atoms with van der Waals surface area (Å²) >= 11 is 0. The molecule has 186 valence electrons. The van der Waals surface area contributed by atoms with Gasteiger partial charge in [0.15, 0.2) is 11.2 Å². The molecule has 6 N–H and O–H groups in total. The fraction of sp³-hybridized carbons (Fsp3) is 0.222. The second-order valence-electron chi connectivity index (χ2n) is 8.71. The van der Waals surface area contributed by atoms with Crippen LogP contribution >= 0.6 is 0 Å². The quantitative estimate of drug-likeness (QED) is 0.258. The average Bonchev–Trinajstić information content (AvgIpc) is 2.94. The number of hydrogen-bond donors (Lipinski definition) is 6. The van der Waals surface area contributed by atoms with Crippen LogP contribution in [0.3, 0.4) is 0 Å². The molecule has 1 aliphatic carbocycles. The minimum absolute atomic E-state index is 0.309. The molecular formula is C27H24O9. The molecule has 0 bridgehead atoms. The van der Waals surface area contributed by atoms with Crippen molar-refractivity contribution < 1.29 is 45.0 Å². The molecule has 3 aromatic carbocycles. The first-order valence-corrected chi connectivity index (χ1v) is 11.0. The zero-order valence-electron chi connectivity index (χ0n) is 18.8. The summed E-state index contributed by atoms with van der Waals surface area (Å²) < 4.78 is 0. The number of Topliss-reactive ketones (excluding diaryl/α,β-unsaturated/α-hetero) is 3. The normalized spacial score (nSPS) is 32.0. The lowest BCUT2D eigenvalue weighted by Crippen LogP contribution is -2.88. The van der Waals surface area contributed by atoms with Crippen molar-refractivity contribution >= 4 is 17.3 Å². The number of benzene rings is 3. The molecule has 2 unspecified atom stereocenters. The van der Waals surface area contributed by atoms with E-state index in [1.165, 1.54) is 91.0 Å². The summed E-state index contributed by atoms with van der Waals surface area (Å²) in [7, 11) is 0. The summed E-state index contributed by atoms with van der Waals surface area (Å²) in [5, 5.41) is 68.0. The van der Waals surface area contributed by atoms with Crippen LogP contribution in [0.1, 0.15) is 31.1 Å². The Labute approximate surface area is 205 Å². The van der Waals surface area contributed by atoms with Crippen LogP contribution in [0.4, 0.5) is 0 Å². The minimum Gasteiger partial charge on any atom is -0.387 e. The molecule has 0 spiro atoms. The Balaban J connectivity index is 2.06. The fourth-order valence-corrected chi connectivity index (χ4v) is 4.75. The van der Waals surface area contributed by atoms with E-state index in [0.29, 0.717) is 0 Å². The lowest BCUT2D eigenvalue weighted by atomic mass is 9.53. The molecule has 1 aliphatic rings. The molecule has 0 radical (unpaired) electrons. The van der Waals surface area contributed by atoms with Gasteiger partial charge in [0.25, 0.3) is 0 Å². The van der Waals surface area contributed by atoms with Gasteiger partial charge in [0.2, 0.25) is 23.0 Å². The molecule has 0 aromatic heterocycles. The van der Waals surface area contributed by atoms with Crippen LogP contribution in [-0.4, -0.2) is 83.1 Å². The highest BCUT2D eigenvalue weighted by atomic mass is 16.5. The van der Waals surface area contributed by atoms with Gasteiger partial charge in [-0.3, -0.25) is 14.4 Å². The van der Waals surface area contributed by atoms with E-state index >= 15 is 0 Å². The van der Waals surface area contributed by atoms with Crippen LogP contribution in [0.5, 0.6) is 0 Å². The second kappa shape index (κ2) is 9.14. The summed E-state index contributed by atoms with van der Waals surface area (Å²) in [6, 6.07) is 20.2. The minimum atomic E-state index is -3.86. The number of carbonyl (C=O) groups excluding carboxylic acids is 3. The van der Waals surface area contributed by atoms with Crippen LogP contribution in [0, 0.1) is 0 Å². The summed E-state index contributed by atoms with van der Waals surface area (Å²) in [6.07, 6.45) is -7.91. The van der Waals surface area contributed by atoms with Crippen LogP contribution in [0.2, 0.25) is 0 Å². The Hall–Kier alpha value is -3.57. The Morgan fingerprint density at radius 2 is 0.778 bits per heavy atom. The number of rotatable bonds is 6. The smallest absolute Gasteiger partial charge is 0.205 e. The molecule has 9 nitrogen and oxygen atoms in total. The highest BCUT2D eigenvalue weighted by Gasteiger charge is 2.81. The fourth-order valence-electron chi connectivity index (χ4n) is 4.75. The predicted molar refractivity (Wildman–Crippen MR) is 125 cm³/mol. The van der Waals surface area contributed by atoms with Gasteiger partial charge in [0.1, 0.15) is 18.3 Å². The molecule has 0 aliphatic heterocycles. The predicted octanol–water partition coefficient (Wildman–Crippen LogP) is -0.0753. The van der Waals surface area contributed by atoms with E-state index in [-0.39, 0.29) is 16.7 Å². The summed E-state index contributed by atoms with van der Waals surface area (Å²) in [5.41, 5.74) is -12.2. The van der Waals surface area contributed by atoms with E-state index in [9.17, 15) is 45.0 Å². The number of aliphatic hydroxyl groups is 6. The molecule has 36 heavy (non-hydrogen) atoms. The Kier molecular flexibility index (Phi) is 6.48. The lowest BCUT2D eigenvalue weighted by Gasteiger charge is -2.57. The average molecular weight is 492 g/mol. The number of carbonyl (C=O) groups is 3. The van der Waals surface area contributed by atoms with Crippen molar-refractivity contribution in [3.63, 3.8) is 0 Å². The maximum atomic E-state index is 13.8. The maximum absolute atomic E-state index is 13.8. The van der Waals surface area contributed by atoms with Gasteiger partial charge in [-0.25, -0.2) is 0 Å². The highest BCUT2D eigenvalue weighted by Crippen LogP contribution is 2.49. The topological polar surface area (TPSA) is 173 Å². The van der Waals surface area contributed by atoms with Crippen molar-refractivity contribution in [3.8, 4) is 0 Å². The van der Waals surface area contributed by atoms with Gasteiger partial charge in [-0.05, 0) is 0 Å². The second-order valence-corrected chi connectivity index (χ2v) is 8.71. The van der Waals surface area contributed by atoms with Gasteiger partial charge in [0.05, 0.1) is 0 Å². The first kappa shape index (κ1) is 25.5. The van der Waals surface area contributed by atoms with Gasteiger partial charge in [-0.15, -0.1) is 0 Å². The van der Waals surface area contributed by atoms with Crippen molar-refractivity contribution in [1.82, 2.24) is 0 Å². The zero-order chi connectivity index (χ0) is 26.3. The lowest BCUT2D eigenvalue weighted by molar-refractivity contribution is -0.297. The third-order valence-electron chi connectivity index (χ3n) is 6.74. The molecule has 0 amide bonds. The molecule has 3 aromatic rings. The monoisotopic (exact) mass is 492 g/mol. The first-order chi connectivity index (χ1) is 17.0. The van der Waals surface area contributed by atoms with Crippen molar-refractivity contribution in [3.05, 3.63) is 108 Å². The van der Waals surface area contributed by atoms with Crippen LogP contribution in [0.15, 0.2) is 91.0 Å². The van der Waals surface area contributed by atoms with Gasteiger partial charge < -0.3 is 30.6 Å². The van der Waals surface area contributed by atoms with Crippen molar-refractivity contribution in [1.29, 1.82) is 0 Å². The van der Waals surface area contributed by atoms with Gasteiger partial charge in [-0.1, -0.05) is 91.0 Å². The standard InChI is InChI=1S/C27H24O9/c28-19-23(32)25(34,20(29)16-10-4-1-5-11-16)27(36,22(31)18-14-8-3-9-15-18)26(35,24(19)33)21(30)17-12-6-2-7-13-17/h1-15,19,23-24,28,32-36H/t19?,23-,24-,25-,26+,27?/m0/s1. The summed E-state index contributed by atoms with van der Waals surface area (Å²) in [4.78, 5) is 41.1. The molecule has 6 atom stereocenters. The van der Waals surface area contributed by atoms with Crippen molar-refractivity contribution in [2.75, 3.05) is 0 Å². The van der Waals surface area contributed by atoms with Gasteiger partial charge in [0, 0.05) is 16.7 Å². The van der Waals surface area contributed by atoms with Gasteiger partial charge in [-0.2, -0.15) is 0 Å². The molecule has 0 saturated heterocycles. The van der Waals surface area contributed by atoms with E-state index in [0.717, 1.165) is 0 Å². The van der Waals surface area contributed by atoms with Crippen LogP contribution in [-0.2, 0) is 0 Å². The van der Waals surface area contributed by atoms with E-state index < -0.39 is 52.5 Å². The number of hydrogen-bond acceptors (Lipinski definition) is 9. The number of ketones is 3. The van der Waals surface area contributed by atoms with E-state index in [1.54, 1.807) is 0 Å². The van der Waals surface area contributed by atoms with Gasteiger partial charge >= 0.3 is 0 Å². The Bertz CT molecular complexity index is 1210. The number of aliphatic hydroxyl groups excluding tert-OH is 3. The first-order valence-electron chi connectivity index (χ1n) is 11.0. The third-order valence-corrected chi connectivity index (χ3v) is 6.74. The largest absolute Gasteiger partial charge is 0.387 e. The SMILES string of the molecule is O=C(c1ccccc1)C1(O)[C@@](O)(C(=O)c2ccccc2)[C@@H](O)C(O)[C@H](O)[C@@]1(O)C(=O)c1ccccc1. The van der Waals surface area contributed by atoms with Crippen LogP contribution in [0.25, 0.3) is 0 Å². The van der Waals surface area contributed by atoms with E-state index in [1.807, 2.05) is 0 Å². The Morgan fingerprint density at radius 1 is 0.500 bits per heavy atom. The molecule has 1 fully saturated rings. The zero-order valence-corrected chi connectivity index (χ0v) is 18.8. The summed E-state index contributed by atoms with van der Waals surface area (Å²) in [5.74, 6) is -4.47. The molecule has 4 rings (SSSR count). The van der Waals surface area contributed by atoms with E-state index in [2.05, 4.69) is 0 Å². The molecule has 1 saturated carbocycles. The van der Waals surface area contributed by atoms with Crippen LogP contribution < -0.4 is 0 Å². The van der Waals surface area contributed by atoms with Crippen molar-refractivity contribution in [2.45, 2.75) is 35.1 Å².